The van der Waals surface area contributed by atoms with Crippen molar-refractivity contribution in [1.29, 1.82) is 0 Å². The van der Waals surface area contributed by atoms with E-state index in [0.717, 1.165) is 31.2 Å². The van der Waals surface area contributed by atoms with Gasteiger partial charge in [-0.25, -0.2) is 0 Å². The van der Waals surface area contributed by atoms with Crippen molar-refractivity contribution in [2.75, 3.05) is 7.11 Å². The molecule has 3 rings (SSSR count). The summed E-state index contributed by atoms with van der Waals surface area (Å²) in [5.41, 5.74) is 0.389. The molecule has 1 saturated carbocycles. The molecule has 1 aliphatic rings. The van der Waals surface area contributed by atoms with Crippen LogP contribution in [0, 0.1) is 0 Å². The van der Waals surface area contributed by atoms with Gasteiger partial charge >= 0.3 is 0 Å². The van der Waals surface area contributed by atoms with Crippen molar-refractivity contribution in [2.24, 2.45) is 0 Å². The fraction of sp³-hybridized carbons (Fsp3) is 0.467. The summed E-state index contributed by atoms with van der Waals surface area (Å²) in [5, 5.41) is 13.4. The van der Waals surface area contributed by atoms with Crippen molar-refractivity contribution < 1.29 is 14.4 Å². The molecule has 5 heteroatoms. The molecule has 1 fully saturated rings. The van der Waals surface area contributed by atoms with Gasteiger partial charge in [0.1, 0.15) is 11.4 Å². The van der Waals surface area contributed by atoms with Crippen molar-refractivity contribution >= 4 is 0 Å². The summed E-state index contributed by atoms with van der Waals surface area (Å²) in [6.45, 7) is 0. The zero-order chi connectivity index (χ0) is 14.0. The monoisotopic (exact) mass is 274 g/mol. The predicted octanol–water partition coefficient (Wildman–Crippen LogP) is 3.25. The second kappa shape index (κ2) is 5.25. The van der Waals surface area contributed by atoms with Gasteiger partial charge in [-0.15, -0.1) is 0 Å². The van der Waals surface area contributed by atoms with Crippen LogP contribution in [0.1, 0.15) is 37.9 Å². The van der Waals surface area contributed by atoms with Crippen LogP contribution in [0.4, 0.5) is 0 Å². The van der Waals surface area contributed by atoms with E-state index in [4.69, 9.17) is 9.26 Å². The van der Waals surface area contributed by atoms with Crippen LogP contribution in [0.3, 0.4) is 0 Å². The van der Waals surface area contributed by atoms with Crippen molar-refractivity contribution in [3.8, 4) is 17.2 Å². The number of rotatable bonds is 3. The molecule has 1 heterocycles. The summed E-state index contributed by atoms with van der Waals surface area (Å²) >= 11 is 0. The van der Waals surface area contributed by atoms with Crippen LogP contribution in [-0.2, 0) is 10.3 Å². The molecule has 5 nitrogen and oxygen atoms in total. The summed E-state index contributed by atoms with van der Waals surface area (Å²) in [5.74, 6) is 1.30. The van der Waals surface area contributed by atoms with Gasteiger partial charge < -0.3 is 14.4 Å². The summed E-state index contributed by atoms with van der Waals surface area (Å²) in [7, 11) is 1.71. The van der Waals surface area contributed by atoms with Gasteiger partial charge in [-0.05, 0) is 37.1 Å². The van der Waals surface area contributed by atoms with Crippen LogP contribution >= 0.6 is 0 Å². The van der Waals surface area contributed by atoms with Gasteiger partial charge in [-0.2, -0.15) is 4.98 Å². The van der Waals surface area contributed by atoms with E-state index in [1.165, 1.54) is 6.42 Å². The lowest BCUT2D eigenvalue weighted by molar-refractivity contribution is -0.0527. The fourth-order valence-electron chi connectivity index (χ4n) is 2.77. The first-order valence-corrected chi connectivity index (χ1v) is 6.92. The lowest BCUT2D eigenvalue weighted by Gasteiger charge is -2.32. The number of aromatic hydroxyl groups is 1. The molecule has 20 heavy (non-hydrogen) atoms. The van der Waals surface area contributed by atoms with E-state index in [-0.39, 0.29) is 5.75 Å². The van der Waals surface area contributed by atoms with E-state index >= 15 is 0 Å². The number of benzene rings is 1. The SMILES string of the molecule is COC1(c2noc(-c3ccc(O)cc3)n2)CCCCC1. The molecule has 1 aromatic heterocycles. The largest absolute Gasteiger partial charge is 0.508 e. The standard InChI is InChI=1S/C15H18N2O3/c1-19-15(9-3-2-4-10-15)14-16-13(20-17-14)11-5-7-12(18)8-6-11/h5-8,18H,2-4,9-10H2,1H3. The van der Waals surface area contributed by atoms with Crippen molar-refractivity contribution in [2.45, 2.75) is 37.7 Å². The molecular weight excluding hydrogens is 256 g/mol. The van der Waals surface area contributed by atoms with Crippen LogP contribution < -0.4 is 0 Å². The predicted molar refractivity (Wildman–Crippen MR) is 73.2 cm³/mol. The number of phenols is 1. The van der Waals surface area contributed by atoms with Gasteiger partial charge in [-0.1, -0.05) is 24.4 Å². The smallest absolute Gasteiger partial charge is 0.258 e. The van der Waals surface area contributed by atoms with E-state index in [2.05, 4.69) is 10.1 Å². The van der Waals surface area contributed by atoms with E-state index < -0.39 is 5.60 Å². The minimum atomic E-state index is -0.406. The number of hydrogen-bond donors (Lipinski definition) is 1. The van der Waals surface area contributed by atoms with Crippen LogP contribution in [0.15, 0.2) is 28.8 Å². The molecule has 0 saturated heterocycles. The number of aromatic nitrogens is 2. The Hall–Kier alpha value is -1.88. The van der Waals surface area contributed by atoms with Gasteiger partial charge in [0.05, 0.1) is 0 Å². The van der Waals surface area contributed by atoms with Crippen LogP contribution in [-0.4, -0.2) is 22.4 Å². The van der Waals surface area contributed by atoms with Gasteiger partial charge in [0.15, 0.2) is 0 Å². The second-order valence-electron chi connectivity index (χ2n) is 5.23. The number of nitrogens with zero attached hydrogens (tertiary/aromatic N) is 2. The molecule has 0 spiro atoms. The zero-order valence-electron chi connectivity index (χ0n) is 11.5. The minimum absolute atomic E-state index is 0.217. The topological polar surface area (TPSA) is 68.4 Å². The number of ether oxygens (including phenoxy) is 1. The molecular formula is C15H18N2O3. The van der Waals surface area contributed by atoms with E-state index in [9.17, 15) is 5.11 Å². The van der Waals surface area contributed by atoms with Gasteiger partial charge in [0.2, 0.25) is 5.82 Å². The molecule has 0 unspecified atom stereocenters. The van der Waals surface area contributed by atoms with E-state index in [1.54, 1.807) is 31.4 Å². The van der Waals surface area contributed by atoms with Crippen molar-refractivity contribution in [3.05, 3.63) is 30.1 Å². The lowest BCUT2D eigenvalue weighted by atomic mass is 9.84. The number of hydrogen-bond acceptors (Lipinski definition) is 5. The Bertz CT molecular complexity index is 571. The maximum absolute atomic E-state index is 9.31. The molecule has 0 amide bonds. The van der Waals surface area contributed by atoms with Crippen molar-refractivity contribution in [1.82, 2.24) is 10.1 Å². The highest BCUT2D eigenvalue weighted by molar-refractivity contribution is 5.54. The molecule has 0 bridgehead atoms. The first-order valence-electron chi connectivity index (χ1n) is 6.92. The van der Waals surface area contributed by atoms with E-state index in [0.29, 0.717) is 11.7 Å². The fourth-order valence-corrected chi connectivity index (χ4v) is 2.77. The summed E-state index contributed by atoms with van der Waals surface area (Å²) in [6.07, 6.45) is 5.33. The molecule has 1 aromatic carbocycles. The highest BCUT2D eigenvalue weighted by Gasteiger charge is 2.38. The first-order chi connectivity index (χ1) is 9.73. The van der Waals surface area contributed by atoms with Gasteiger partial charge in [0.25, 0.3) is 5.89 Å². The average Bonchev–Trinajstić information content (AvgIpc) is 2.99. The van der Waals surface area contributed by atoms with Crippen LogP contribution in [0.25, 0.3) is 11.5 Å². The number of methoxy groups -OCH3 is 1. The zero-order valence-corrected chi connectivity index (χ0v) is 11.5. The molecule has 0 radical (unpaired) electrons. The molecule has 2 aromatic rings. The lowest BCUT2D eigenvalue weighted by Crippen LogP contribution is -2.32. The van der Waals surface area contributed by atoms with E-state index in [1.807, 2.05) is 0 Å². The molecule has 106 valence electrons. The Morgan fingerprint density at radius 2 is 1.85 bits per heavy atom. The average molecular weight is 274 g/mol. The molecule has 1 N–H and O–H groups in total. The molecule has 1 aliphatic carbocycles. The quantitative estimate of drug-likeness (QED) is 0.930. The minimum Gasteiger partial charge on any atom is -0.508 e. The van der Waals surface area contributed by atoms with Crippen molar-refractivity contribution in [3.63, 3.8) is 0 Å². The third-order valence-corrected chi connectivity index (χ3v) is 4.00. The normalized spacial score (nSPS) is 18.1. The third kappa shape index (κ3) is 2.29. The summed E-state index contributed by atoms with van der Waals surface area (Å²) < 4.78 is 11.1. The second-order valence-corrected chi connectivity index (χ2v) is 5.23. The maximum Gasteiger partial charge on any atom is 0.258 e. The summed E-state index contributed by atoms with van der Waals surface area (Å²) in [6, 6.07) is 6.72. The Balaban J connectivity index is 1.91. The Morgan fingerprint density at radius 3 is 2.50 bits per heavy atom. The molecule has 0 atom stereocenters. The first kappa shape index (κ1) is 13.1. The molecule has 0 aliphatic heterocycles. The van der Waals surface area contributed by atoms with Crippen LogP contribution in [0.5, 0.6) is 5.75 Å². The summed E-state index contributed by atoms with van der Waals surface area (Å²) in [4.78, 5) is 4.49. The Labute approximate surface area is 117 Å². The maximum atomic E-state index is 9.31. The highest BCUT2D eigenvalue weighted by atomic mass is 16.5. The van der Waals surface area contributed by atoms with Gasteiger partial charge in [0, 0.05) is 12.7 Å². The van der Waals surface area contributed by atoms with Gasteiger partial charge in [-0.3, -0.25) is 0 Å². The number of phenolic OH excluding ortho intramolecular Hbond substituents is 1. The Morgan fingerprint density at radius 1 is 1.15 bits per heavy atom. The highest BCUT2D eigenvalue weighted by Crippen LogP contribution is 2.39. The Kier molecular flexibility index (Phi) is 3.44. The van der Waals surface area contributed by atoms with Crippen LogP contribution in [0.2, 0.25) is 0 Å². The third-order valence-electron chi connectivity index (χ3n) is 4.00.